The molecule has 32 heavy (non-hydrogen) atoms. The van der Waals surface area contributed by atoms with E-state index in [4.69, 9.17) is 0 Å². The molecule has 0 saturated heterocycles. The maximum absolute atomic E-state index is 13.6. The standard InChI is InChI=1S/C25H33F2N3O2/c1-15(2)8-17-4-5-22-21(11-17)23(6-7-28-22)29-14-25(32)24(30-16(3)31)12-18-9-19(26)13-20(27)10-18/h4-5,9-11,13,15,23-25,28-29,32H,6-8,12,14H2,1-3H3,(H,30,31)/t23-,24-,25+/m0/s1. The number of halogens is 2. The Kier molecular flexibility index (Phi) is 8.21. The minimum absolute atomic E-state index is 0.0672. The Balaban J connectivity index is 1.69. The number of aliphatic hydroxyl groups is 1. The number of amides is 1. The molecule has 1 aliphatic rings. The van der Waals surface area contributed by atoms with Crippen molar-refractivity contribution in [3.63, 3.8) is 0 Å². The van der Waals surface area contributed by atoms with Crippen molar-refractivity contribution >= 4 is 11.6 Å². The van der Waals surface area contributed by atoms with Gasteiger partial charge in [-0.1, -0.05) is 26.0 Å². The fraction of sp³-hybridized carbons (Fsp3) is 0.480. The van der Waals surface area contributed by atoms with Crippen LogP contribution in [0.4, 0.5) is 14.5 Å². The van der Waals surface area contributed by atoms with Crippen molar-refractivity contribution in [2.75, 3.05) is 18.4 Å². The molecule has 0 fully saturated rings. The van der Waals surface area contributed by atoms with Crippen molar-refractivity contribution in [3.8, 4) is 0 Å². The maximum Gasteiger partial charge on any atom is 0.217 e. The van der Waals surface area contributed by atoms with Gasteiger partial charge in [0.15, 0.2) is 0 Å². The molecule has 5 nitrogen and oxygen atoms in total. The third-order valence-electron chi connectivity index (χ3n) is 5.69. The molecule has 1 amide bonds. The van der Waals surface area contributed by atoms with Gasteiger partial charge in [0.25, 0.3) is 0 Å². The van der Waals surface area contributed by atoms with Crippen molar-refractivity contribution in [2.24, 2.45) is 5.92 Å². The number of nitrogens with one attached hydrogen (secondary N) is 3. The van der Waals surface area contributed by atoms with Crippen LogP contribution in [-0.4, -0.2) is 36.2 Å². The summed E-state index contributed by atoms with van der Waals surface area (Å²) in [6, 6.07) is 9.11. The van der Waals surface area contributed by atoms with Gasteiger partial charge in [-0.15, -0.1) is 0 Å². The van der Waals surface area contributed by atoms with Crippen LogP contribution in [0.25, 0.3) is 0 Å². The summed E-state index contributed by atoms with van der Waals surface area (Å²) in [5.41, 5.74) is 3.92. The second-order valence-electron chi connectivity index (χ2n) is 9.05. The van der Waals surface area contributed by atoms with Gasteiger partial charge in [-0.25, -0.2) is 8.78 Å². The molecular formula is C25H33F2N3O2. The predicted molar refractivity (Wildman–Crippen MR) is 123 cm³/mol. The lowest BCUT2D eigenvalue weighted by atomic mass is 9.92. The maximum atomic E-state index is 13.6. The quantitative estimate of drug-likeness (QED) is 0.475. The zero-order chi connectivity index (χ0) is 23.3. The van der Waals surface area contributed by atoms with Gasteiger partial charge in [-0.05, 0) is 60.1 Å². The molecule has 0 saturated carbocycles. The van der Waals surface area contributed by atoms with E-state index in [2.05, 4.69) is 48.0 Å². The van der Waals surface area contributed by atoms with Crippen LogP contribution in [0.3, 0.4) is 0 Å². The third kappa shape index (κ3) is 6.74. The number of hydrogen-bond donors (Lipinski definition) is 4. The van der Waals surface area contributed by atoms with E-state index in [1.807, 2.05) is 0 Å². The Hall–Kier alpha value is -2.51. The molecule has 7 heteroatoms. The average Bonchev–Trinajstić information content (AvgIpc) is 2.70. The summed E-state index contributed by atoms with van der Waals surface area (Å²) in [5.74, 6) is -1.12. The van der Waals surface area contributed by atoms with Gasteiger partial charge in [0.1, 0.15) is 11.6 Å². The summed E-state index contributed by atoms with van der Waals surface area (Å²) >= 11 is 0. The topological polar surface area (TPSA) is 73.4 Å². The number of fused-ring (bicyclic) bond motifs is 1. The van der Waals surface area contributed by atoms with Crippen molar-refractivity contribution in [1.29, 1.82) is 0 Å². The van der Waals surface area contributed by atoms with Gasteiger partial charge in [-0.2, -0.15) is 0 Å². The molecule has 3 atom stereocenters. The number of rotatable bonds is 9. The van der Waals surface area contributed by atoms with E-state index >= 15 is 0 Å². The molecule has 4 N–H and O–H groups in total. The largest absolute Gasteiger partial charge is 0.390 e. The molecule has 0 radical (unpaired) electrons. The van der Waals surface area contributed by atoms with Gasteiger partial charge >= 0.3 is 0 Å². The molecule has 174 valence electrons. The van der Waals surface area contributed by atoms with E-state index in [0.29, 0.717) is 11.5 Å². The zero-order valence-corrected chi connectivity index (χ0v) is 18.9. The minimum atomic E-state index is -0.928. The number of hydrogen-bond acceptors (Lipinski definition) is 4. The van der Waals surface area contributed by atoms with E-state index < -0.39 is 23.8 Å². The summed E-state index contributed by atoms with van der Waals surface area (Å²) in [6.45, 7) is 6.80. The Labute approximate surface area is 188 Å². The number of aliphatic hydroxyl groups excluding tert-OH is 1. The highest BCUT2D eigenvalue weighted by molar-refractivity contribution is 5.73. The van der Waals surface area contributed by atoms with E-state index in [9.17, 15) is 18.7 Å². The Morgan fingerprint density at radius 2 is 1.84 bits per heavy atom. The van der Waals surface area contributed by atoms with Crippen molar-refractivity contribution in [3.05, 3.63) is 64.7 Å². The first kappa shape index (κ1) is 24.1. The Morgan fingerprint density at radius 3 is 2.50 bits per heavy atom. The molecule has 0 spiro atoms. The summed E-state index contributed by atoms with van der Waals surface area (Å²) in [5, 5.41) is 20.4. The first-order chi connectivity index (χ1) is 15.2. The lowest BCUT2D eigenvalue weighted by Gasteiger charge is -2.31. The van der Waals surface area contributed by atoms with Gasteiger partial charge in [0.05, 0.1) is 12.1 Å². The van der Waals surface area contributed by atoms with Crippen LogP contribution < -0.4 is 16.0 Å². The molecule has 2 aromatic rings. The third-order valence-corrected chi connectivity index (χ3v) is 5.69. The molecule has 0 bridgehead atoms. The van der Waals surface area contributed by atoms with Gasteiger partial charge in [0, 0.05) is 37.8 Å². The molecule has 0 aromatic heterocycles. The van der Waals surface area contributed by atoms with Crippen LogP contribution in [0.5, 0.6) is 0 Å². The summed E-state index contributed by atoms with van der Waals surface area (Å²) in [6.07, 6.45) is 1.06. The number of carbonyl (C=O) groups excluding carboxylic acids is 1. The zero-order valence-electron chi connectivity index (χ0n) is 18.9. The average molecular weight is 446 g/mol. The first-order valence-electron chi connectivity index (χ1n) is 11.2. The van der Waals surface area contributed by atoms with Gasteiger partial charge < -0.3 is 21.1 Å². The SMILES string of the molecule is CC(=O)N[C@@H](Cc1cc(F)cc(F)c1)[C@H](O)CN[C@H]1CCNc2ccc(CC(C)C)cc21. The van der Waals surface area contributed by atoms with Crippen LogP contribution in [0.15, 0.2) is 36.4 Å². The van der Waals surface area contributed by atoms with E-state index in [-0.39, 0.29) is 24.9 Å². The van der Waals surface area contributed by atoms with Crippen LogP contribution in [-0.2, 0) is 17.6 Å². The molecule has 1 heterocycles. The molecular weight excluding hydrogens is 412 g/mol. The molecule has 1 aliphatic heterocycles. The summed E-state index contributed by atoms with van der Waals surface area (Å²) < 4.78 is 27.2. The summed E-state index contributed by atoms with van der Waals surface area (Å²) in [4.78, 5) is 11.7. The highest BCUT2D eigenvalue weighted by Crippen LogP contribution is 2.31. The van der Waals surface area contributed by atoms with Crippen LogP contribution in [0, 0.1) is 17.6 Å². The van der Waals surface area contributed by atoms with Gasteiger partial charge in [0.2, 0.25) is 5.91 Å². The van der Waals surface area contributed by atoms with Crippen LogP contribution in [0.1, 0.15) is 49.9 Å². The first-order valence-corrected chi connectivity index (χ1v) is 11.2. The fourth-order valence-electron chi connectivity index (χ4n) is 4.31. The fourth-order valence-corrected chi connectivity index (χ4v) is 4.31. The lowest BCUT2D eigenvalue weighted by Crippen LogP contribution is -2.48. The second-order valence-corrected chi connectivity index (χ2v) is 9.05. The van der Waals surface area contributed by atoms with Crippen molar-refractivity contribution < 1.29 is 18.7 Å². The number of benzene rings is 2. The lowest BCUT2D eigenvalue weighted by molar-refractivity contribution is -0.120. The predicted octanol–water partition coefficient (Wildman–Crippen LogP) is 3.72. The smallest absolute Gasteiger partial charge is 0.217 e. The number of carbonyl (C=O) groups is 1. The second kappa shape index (κ2) is 10.9. The molecule has 0 aliphatic carbocycles. The van der Waals surface area contributed by atoms with Crippen molar-refractivity contribution in [2.45, 2.75) is 58.2 Å². The highest BCUT2D eigenvalue weighted by Gasteiger charge is 2.25. The summed E-state index contributed by atoms with van der Waals surface area (Å²) in [7, 11) is 0. The number of anilines is 1. The van der Waals surface area contributed by atoms with E-state index in [0.717, 1.165) is 31.1 Å². The van der Waals surface area contributed by atoms with E-state index in [1.165, 1.54) is 30.2 Å². The Morgan fingerprint density at radius 1 is 1.12 bits per heavy atom. The van der Waals surface area contributed by atoms with Crippen molar-refractivity contribution in [1.82, 2.24) is 10.6 Å². The van der Waals surface area contributed by atoms with Gasteiger partial charge in [-0.3, -0.25) is 4.79 Å². The van der Waals surface area contributed by atoms with Crippen LogP contribution in [0.2, 0.25) is 0 Å². The highest BCUT2D eigenvalue weighted by atomic mass is 19.1. The molecule has 0 unspecified atom stereocenters. The molecule has 3 rings (SSSR count). The van der Waals surface area contributed by atoms with Crippen LogP contribution >= 0.6 is 0 Å². The normalized spacial score (nSPS) is 17.4. The minimum Gasteiger partial charge on any atom is -0.390 e. The molecule has 2 aromatic carbocycles. The van der Waals surface area contributed by atoms with E-state index in [1.54, 1.807) is 0 Å². The monoisotopic (exact) mass is 445 g/mol. The Bertz CT molecular complexity index is 915.